The highest BCUT2D eigenvalue weighted by atomic mass is 16.6. The van der Waals surface area contributed by atoms with Crippen molar-refractivity contribution in [3.05, 3.63) is 52.9 Å². The van der Waals surface area contributed by atoms with Crippen molar-refractivity contribution in [3.8, 4) is 0 Å². The van der Waals surface area contributed by atoms with E-state index in [2.05, 4.69) is 10.6 Å². The number of ether oxygens (including phenoxy) is 2. The van der Waals surface area contributed by atoms with Crippen LogP contribution in [0.15, 0.2) is 52.9 Å². The molecule has 3 heterocycles. The number of anilines is 1. The zero-order valence-corrected chi connectivity index (χ0v) is 16.6. The van der Waals surface area contributed by atoms with Crippen molar-refractivity contribution in [2.45, 2.75) is 24.7 Å². The lowest BCUT2D eigenvalue weighted by atomic mass is 9.82. The molecule has 30 heavy (non-hydrogen) atoms. The molecule has 1 amide bonds. The Bertz CT molecular complexity index is 1030. The predicted molar refractivity (Wildman–Crippen MR) is 106 cm³/mol. The fourth-order valence-electron chi connectivity index (χ4n) is 5.11. The second-order valence-electron chi connectivity index (χ2n) is 7.91. The molecule has 1 aromatic carbocycles. The van der Waals surface area contributed by atoms with Crippen LogP contribution in [0.1, 0.15) is 6.92 Å². The minimum Gasteiger partial charge on any atom is -0.449 e. The predicted octanol–water partition coefficient (Wildman–Crippen LogP) is 0.502. The van der Waals surface area contributed by atoms with Crippen LogP contribution in [0.4, 0.5) is 10.5 Å². The van der Waals surface area contributed by atoms with Gasteiger partial charge in [0.2, 0.25) is 11.6 Å². The molecule has 3 aliphatic heterocycles. The maximum Gasteiger partial charge on any atom is 0.404 e. The Labute approximate surface area is 172 Å². The average Bonchev–Trinajstić information content (AvgIpc) is 3.35. The molecule has 0 spiro atoms. The summed E-state index contributed by atoms with van der Waals surface area (Å²) in [5.74, 6) is -1.17. The van der Waals surface area contributed by atoms with E-state index in [0.717, 1.165) is 0 Å². The molecule has 9 nitrogen and oxygen atoms in total. The SMILES string of the molecule is CO[C@@]12C(COC(N)=O)C3=C(C(=O)C(C)=C(Nc4ccccc4)C3=O)N1CC1NC12. The smallest absolute Gasteiger partial charge is 0.404 e. The second kappa shape index (κ2) is 6.41. The highest BCUT2D eigenvalue weighted by Gasteiger charge is 2.72. The summed E-state index contributed by atoms with van der Waals surface area (Å²) in [6.07, 6.45) is -0.941. The van der Waals surface area contributed by atoms with Gasteiger partial charge >= 0.3 is 6.09 Å². The summed E-state index contributed by atoms with van der Waals surface area (Å²) in [4.78, 5) is 40.2. The maximum absolute atomic E-state index is 13.6. The standard InChI is InChI=1S/C21H22N4O5/c1-10-15(23-11-6-4-3-5-7-11)18(27)14-12(9-30-20(22)28)21(29-2)19-13(24-19)8-25(21)16(14)17(10)26/h3-7,12-13,19,23-24H,8-9H2,1-2H3,(H2,22,28)/t12?,13?,19?,21-/m1/s1. The van der Waals surface area contributed by atoms with Crippen LogP contribution < -0.4 is 16.4 Å². The topological polar surface area (TPSA) is 133 Å². The number of Topliss-reactive ketones (excluding diaryl/α,β-unsaturated/α-hetero) is 2. The molecule has 9 heteroatoms. The van der Waals surface area contributed by atoms with Crippen molar-refractivity contribution in [3.63, 3.8) is 0 Å². The molecule has 0 aromatic heterocycles. The Hall–Kier alpha value is -3.17. The van der Waals surface area contributed by atoms with Gasteiger partial charge in [-0.25, -0.2) is 4.79 Å². The molecule has 4 atom stereocenters. The minimum absolute atomic E-state index is 0.0685. The van der Waals surface area contributed by atoms with Crippen LogP contribution in [-0.4, -0.2) is 60.6 Å². The first-order chi connectivity index (χ1) is 14.4. The third kappa shape index (κ3) is 2.39. The summed E-state index contributed by atoms with van der Waals surface area (Å²) < 4.78 is 11.1. The number of rotatable bonds is 5. The quantitative estimate of drug-likeness (QED) is 0.472. The number of piperazine rings is 1. The number of benzene rings is 1. The number of carbonyl (C=O) groups excluding carboxylic acids is 3. The highest BCUT2D eigenvalue weighted by Crippen LogP contribution is 2.55. The van der Waals surface area contributed by atoms with Crippen molar-refractivity contribution in [1.29, 1.82) is 0 Å². The molecule has 4 aliphatic rings. The van der Waals surface area contributed by atoms with E-state index in [9.17, 15) is 14.4 Å². The first kappa shape index (κ1) is 18.8. The number of amides is 1. The lowest BCUT2D eigenvalue weighted by Crippen LogP contribution is -2.55. The zero-order valence-electron chi connectivity index (χ0n) is 16.6. The Morgan fingerprint density at radius 1 is 1.30 bits per heavy atom. The van der Waals surface area contributed by atoms with Gasteiger partial charge in [0.1, 0.15) is 6.61 Å². The van der Waals surface area contributed by atoms with Gasteiger partial charge in [-0.3, -0.25) is 9.59 Å². The highest BCUT2D eigenvalue weighted by molar-refractivity contribution is 6.26. The number of ketones is 2. The number of hydrogen-bond donors (Lipinski definition) is 3. The lowest BCUT2D eigenvalue weighted by molar-refractivity contribution is -0.137. The normalized spacial score (nSPS) is 31.5. The van der Waals surface area contributed by atoms with E-state index >= 15 is 0 Å². The maximum atomic E-state index is 13.6. The number of primary amides is 1. The molecule has 0 radical (unpaired) electrons. The van der Waals surface area contributed by atoms with Crippen molar-refractivity contribution >= 4 is 23.3 Å². The molecule has 3 unspecified atom stereocenters. The number of nitrogens with two attached hydrogens (primary N) is 1. The van der Waals surface area contributed by atoms with Crippen LogP contribution >= 0.6 is 0 Å². The average molecular weight is 410 g/mol. The van der Waals surface area contributed by atoms with Gasteiger partial charge in [-0.2, -0.15) is 0 Å². The molecule has 156 valence electrons. The Morgan fingerprint density at radius 2 is 2.03 bits per heavy atom. The number of para-hydroxylation sites is 1. The zero-order chi connectivity index (χ0) is 21.2. The number of methoxy groups -OCH3 is 1. The van der Waals surface area contributed by atoms with Crippen molar-refractivity contribution in [2.24, 2.45) is 11.7 Å². The molecule has 0 saturated carbocycles. The molecule has 5 rings (SSSR count). The van der Waals surface area contributed by atoms with Crippen LogP contribution in [0.5, 0.6) is 0 Å². The van der Waals surface area contributed by atoms with Gasteiger partial charge in [-0.1, -0.05) is 18.2 Å². The van der Waals surface area contributed by atoms with E-state index in [1.165, 1.54) is 0 Å². The fourth-order valence-corrected chi connectivity index (χ4v) is 5.11. The van der Waals surface area contributed by atoms with E-state index < -0.39 is 17.7 Å². The van der Waals surface area contributed by atoms with Crippen LogP contribution in [0.25, 0.3) is 0 Å². The number of nitrogens with one attached hydrogen (secondary N) is 2. The molecule has 1 aliphatic carbocycles. The molecule has 0 bridgehead atoms. The van der Waals surface area contributed by atoms with Gasteiger partial charge in [0.05, 0.1) is 23.4 Å². The number of nitrogens with zero attached hydrogens (tertiary/aromatic N) is 1. The van der Waals surface area contributed by atoms with Crippen LogP contribution in [-0.2, 0) is 19.1 Å². The Morgan fingerprint density at radius 3 is 2.70 bits per heavy atom. The monoisotopic (exact) mass is 410 g/mol. The van der Waals surface area contributed by atoms with E-state index in [0.29, 0.717) is 29.1 Å². The molecular formula is C21H22N4O5. The van der Waals surface area contributed by atoms with E-state index in [-0.39, 0.29) is 36.0 Å². The summed E-state index contributed by atoms with van der Waals surface area (Å²) in [6.45, 7) is 2.03. The number of allylic oxidation sites excluding steroid dienone is 2. The lowest BCUT2D eigenvalue weighted by Gasteiger charge is -2.39. The number of fused-ring (bicyclic) bond motifs is 4. The van der Waals surface area contributed by atoms with Crippen molar-refractivity contribution in [1.82, 2.24) is 10.2 Å². The van der Waals surface area contributed by atoms with Gasteiger partial charge in [0, 0.05) is 36.5 Å². The van der Waals surface area contributed by atoms with Crippen LogP contribution in [0, 0.1) is 5.92 Å². The third-order valence-electron chi connectivity index (χ3n) is 6.47. The minimum atomic E-state index is -0.974. The van der Waals surface area contributed by atoms with Crippen LogP contribution in [0.3, 0.4) is 0 Å². The first-order valence-corrected chi connectivity index (χ1v) is 9.77. The summed E-state index contributed by atoms with van der Waals surface area (Å²) in [5.41, 5.74) is 6.14. The first-order valence-electron chi connectivity index (χ1n) is 9.77. The molecule has 2 fully saturated rings. The largest absolute Gasteiger partial charge is 0.449 e. The van der Waals surface area contributed by atoms with E-state index in [1.54, 1.807) is 14.0 Å². The molecule has 1 aromatic rings. The van der Waals surface area contributed by atoms with Crippen molar-refractivity contribution < 1.29 is 23.9 Å². The summed E-state index contributed by atoms with van der Waals surface area (Å²) in [6, 6.07) is 9.27. The van der Waals surface area contributed by atoms with E-state index in [1.807, 2.05) is 35.2 Å². The summed E-state index contributed by atoms with van der Waals surface area (Å²) in [7, 11) is 1.55. The molecule has 4 N–H and O–H groups in total. The second-order valence-corrected chi connectivity index (χ2v) is 7.91. The van der Waals surface area contributed by atoms with Gasteiger partial charge < -0.3 is 30.7 Å². The van der Waals surface area contributed by atoms with Crippen molar-refractivity contribution in [2.75, 3.05) is 25.6 Å². The van der Waals surface area contributed by atoms with Gasteiger partial charge in [0.15, 0.2) is 5.72 Å². The Kier molecular flexibility index (Phi) is 4.03. The molecular weight excluding hydrogens is 388 g/mol. The van der Waals surface area contributed by atoms with Crippen LogP contribution in [0.2, 0.25) is 0 Å². The van der Waals surface area contributed by atoms with Gasteiger partial charge in [-0.15, -0.1) is 0 Å². The van der Waals surface area contributed by atoms with Gasteiger partial charge in [-0.05, 0) is 19.1 Å². The molecule has 2 saturated heterocycles. The summed E-state index contributed by atoms with van der Waals surface area (Å²) in [5, 5.41) is 6.43. The third-order valence-corrected chi connectivity index (χ3v) is 6.47. The summed E-state index contributed by atoms with van der Waals surface area (Å²) >= 11 is 0. The fraction of sp³-hybridized carbons (Fsp3) is 0.381. The van der Waals surface area contributed by atoms with E-state index in [4.69, 9.17) is 15.2 Å². The Balaban J connectivity index is 1.58. The van der Waals surface area contributed by atoms with Gasteiger partial charge in [0.25, 0.3) is 0 Å². The number of hydrogen-bond acceptors (Lipinski definition) is 8. The number of carbonyl (C=O) groups is 3.